The number of allylic oxidation sites excluding steroid dienone is 1. The van der Waals surface area contributed by atoms with Crippen LogP contribution < -0.4 is 15.4 Å². The van der Waals surface area contributed by atoms with Crippen molar-refractivity contribution >= 4 is 17.7 Å². The van der Waals surface area contributed by atoms with Crippen molar-refractivity contribution in [1.82, 2.24) is 20.5 Å². The highest BCUT2D eigenvalue weighted by Gasteiger charge is 2.41. The van der Waals surface area contributed by atoms with Crippen LogP contribution in [0.2, 0.25) is 0 Å². The zero-order valence-electron chi connectivity index (χ0n) is 19.4. The number of amides is 3. The fourth-order valence-electron chi connectivity index (χ4n) is 4.42. The van der Waals surface area contributed by atoms with Gasteiger partial charge in [0.25, 0.3) is 11.8 Å². The SMILES string of the molecule is Cc1cccc(C(=O)N2CCC3(C/C=C/COc4ccccc4C(=O)NCCNC3=O)CC2)n1. The summed E-state index contributed by atoms with van der Waals surface area (Å²) < 4.78 is 5.80. The van der Waals surface area contributed by atoms with Gasteiger partial charge in [0.15, 0.2) is 0 Å². The molecule has 1 fully saturated rings. The molecule has 2 N–H and O–H groups in total. The van der Waals surface area contributed by atoms with E-state index < -0.39 is 5.41 Å². The molecule has 2 aliphatic heterocycles. The maximum absolute atomic E-state index is 13.2. The summed E-state index contributed by atoms with van der Waals surface area (Å²) in [5.74, 6) is 0.130. The van der Waals surface area contributed by atoms with Crippen molar-refractivity contribution in [1.29, 1.82) is 0 Å². The van der Waals surface area contributed by atoms with Crippen LogP contribution in [0.1, 0.15) is 45.8 Å². The van der Waals surface area contributed by atoms with Crippen molar-refractivity contribution in [3.8, 4) is 5.75 Å². The average molecular weight is 463 g/mol. The smallest absolute Gasteiger partial charge is 0.272 e. The third-order valence-electron chi connectivity index (χ3n) is 6.43. The van der Waals surface area contributed by atoms with E-state index in [-0.39, 0.29) is 17.7 Å². The minimum Gasteiger partial charge on any atom is -0.489 e. The number of hydrogen-bond acceptors (Lipinski definition) is 5. The fourth-order valence-corrected chi connectivity index (χ4v) is 4.42. The predicted octanol–water partition coefficient (Wildman–Crippen LogP) is 2.50. The van der Waals surface area contributed by atoms with Crippen molar-refractivity contribution in [2.45, 2.75) is 26.2 Å². The molecule has 178 valence electrons. The quantitative estimate of drug-likeness (QED) is 0.635. The van der Waals surface area contributed by atoms with E-state index in [2.05, 4.69) is 15.6 Å². The van der Waals surface area contributed by atoms with E-state index in [1.165, 1.54) is 0 Å². The topological polar surface area (TPSA) is 101 Å². The summed E-state index contributed by atoms with van der Waals surface area (Å²) >= 11 is 0. The fraction of sp³-hybridized carbons (Fsp3) is 0.385. The van der Waals surface area contributed by atoms with Gasteiger partial charge in [0, 0.05) is 31.9 Å². The van der Waals surface area contributed by atoms with Crippen LogP contribution in [-0.4, -0.2) is 60.4 Å². The molecule has 8 heteroatoms. The third-order valence-corrected chi connectivity index (χ3v) is 6.43. The molecular formula is C26H30N4O4. The van der Waals surface area contributed by atoms with E-state index in [9.17, 15) is 14.4 Å². The molecule has 1 aromatic heterocycles. The Morgan fingerprint density at radius 3 is 2.56 bits per heavy atom. The Morgan fingerprint density at radius 2 is 1.76 bits per heavy atom. The van der Waals surface area contributed by atoms with Crippen LogP contribution in [0.25, 0.3) is 0 Å². The van der Waals surface area contributed by atoms with E-state index in [1.54, 1.807) is 29.2 Å². The number of nitrogens with zero attached hydrogens (tertiary/aromatic N) is 2. The highest BCUT2D eigenvalue weighted by atomic mass is 16.5. The minimum atomic E-state index is -0.612. The molecule has 2 aliphatic rings. The van der Waals surface area contributed by atoms with Gasteiger partial charge in [-0.1, -0.05) is 30.4 Å². The maximum atomic E-state index is 13.2. The number of hydrogen-bond donors (Lipinski definition) is 2. The number of piperidine rings is 1. The van der Waals surface area contributed by atoms with Crippen LogP contribution in [0.5, 0.6) is 5.75 Å². The number of aryl methyl sites for hydroxylation is 1. The number of aromatic nitrogens is 1. The number of carbonyl (C=O) groups excluding carboxylic acids is 3. The van der Waals surface area contributed by atoms with Gasteiger partial charge < -0.3 is 20.3 Å². The molecular weight excluding hydrogens is 432 g/mol. The molecule has 4 rings (SSSR count). The summed E-state index contributed by atoms with van der Waals surface area (Å²) in [4.78, 5) is 44.8. The first kappa shape index (κ1) is 23.5. The van der Waals surface area contributed by atoms with E-state index in [1.807, 2.05) is 37.3 Å². The van der Waals surface area contributed by atoms with Gasteiger partial charge in [0.2, 0.25) is 5.91 Å². The van der Waals surface area contributed by atoms with E-state index in [4.69, 9.17) is 4.74 Å². The molecule has 3 heterocycles. The number of carbonyl (C=O) groups is 3. The number of fused-ring (bicyclic) bond motifs is 1. The number of rotatable bonds is 1. The van der Waals surface area contributed by atoms with Crippen LogP contribution in [0.3, 0.4) is 0 Å². The van der Waals surface area contributed by atoms with Crippen LogP contribution in [0.15, 0.2) is 54.6 Å². The molecule has 0 saturated carbocycles. The van der Waals surface area contributed by atoms with Gasteiger partial charge in [0.1, 0.15) is 18.1 Å². The number of ether oxygens (including phenoxy) is 1. The molecule has 2 aromatic rings. The van der Waals surface area contributed by atoms with E-state index in [0.717, 1.165) is 5.69 Å². The zero-order valence-corrected chi connectivity index (χ0v) is 19.4. The summed E-state index contributed by atoms with van der Waals surface area (Å²) in [5, 5.41) is 5.83. The molecule has 0 radical (unpaired) electrons. The second-order valence-corrected chi connectivity index (χ2v) is 8.73. The Bertz CT molecular complexity index is 1090. The first-order valence-electron chi connectivity index (χ1n) is 11.6. The molecule has 1 saturated heterocycles. The highest BCUT2D eigenvalue weighted by molar-refractivity contribution is 5.97. The number of pyridine rings is 1. The lowest BCUT2D eigenvalue weighted by atomic mass is 9.74. The van der Waals surface area contributed by atoms with Crippen LogP contribution in [0, 0.1) is 12.3 Å². The molecule has 0 bridgehead atoms. The van der Waals surface area contributed by atoms with Gasteiger partial charge in [-0.05, 0) is 50.5 Å². The monoisotopic (exact) mass is 462 g/mol. The van der Waals surface area contributed by atoms with Crippen LogP contribution >= 0.6 is 0 Å². The summed E-state index contributed by atoms with van der Waals surface area (Å²) in [6.45, 7) is 3.76. The summed E-state index contributed by atoms with van der Waals surface area (Å²) in [6.07, 6.45) is 5.51. The number of likely N-dealkylation sites (tertiary alicyclic amines) is 1. The predicted molar refractivity (Wildman–Crippen MR) is 128 cm³/mol. The zero-order chi connectivity index (χ0) is 24.0. The molecule has 1 spiro atoms. The van der Waals surface area contributed by atoms with Crippen molar-refractivity contribution in [3.63, 3.8) is 0 Å². The van der Waals surface area contributed by atoms with E-state index in [0.29, 0.717) is 69.1 Å². The number of benzene rings is 1. The minimum absolute atomic E-state index is 0.0504. The first-order chi connectivity index (χ1) is 16.5. The van der Waals surface area contributed by atoms with Crippen LogP contribution in [-0.2, 0) is 4.79 Å². The third kappa shape index (κ3) is 5.27. The molecule has 3 amide bonds. The van der Waals surface area contributed by atoms with Gasteiger partial charge >= 0.3 is 0 Å². The summed E-state index contributed by atoms with van der Waals surface area (Å²) in [5.41, 5.74) is 1.08. The Morgan fingerprint density at radius 1 is 1.00 bits per heavy atom. The van der Waals surface area contributed by atoms with E-state index >= 15 is 0 Å². The lowest BCUT2D eigenvalue weighted by Crippen LogP contribution is -2.51. The Balaban J connectivity index is 1.45. The Hall–Kier alpha value is -3.68. The number of para-hydroxylation sites is 1. The Kier molecular flexibility index (Phi) is 7.25. The molecule has 34 heavy (non-hydrogen) atoms. The van der Waals surface area contributed by atoms with Gasteiger partial charge in [-0.3, -0.25) is 14.4 Å². The summed E-state index contributed by atoms with van der Waals surface area (Å²) in [7, 11) is 0. The standard InChI is InChI=1S/C26H30N4O4/c1-19-7-6-9-21(29-19)24(32)30-16-12-26(13-17-30)11-4-5-18-34-22-10-3-2-8-20(22)23(31)27-14-15-28-25(26)33/h2-10H,11-18H2,1H3,(H,27,31)(H,28,33)/b5-4+. The van der Waals surface area contributed by atoms with Gasteiger partial charge in [-0.2, -0.15) is 0 Å². The molecule has 1 aromatic carbocycles. The first-order valence-corrected chi connectivity index (χ1v) is 11.6. The van der Waals surface area contributed by atoms with Crippen LogP contribution in [0.4, 0.5) is 0 Å². The lowest BCUT2D eigenvalue weighted by molar-refractivity contribution is -0.133. The largest absolute Gasteiger partial charge is 0.489 e. The molecule has 0 aliphatic carbocycles. The maximum Gasteiger partial charge on any atom is 0.272 e. The molecule has 8 nitrogen and oxygen atoms in total. The average Bonchev–Trinajstić information content (AvgIpc) is 2.86. The second kappa shape index (κ2) is 10.5. The van der Waals surface area contributed by atoms with Crippen molar-refractivity contribution in [2.24, 2.45) is 5.41 Å². The van der Waals surface area contributed by atoms with Gasteiger partial charge in [-0.15, -0.1) is 0 Å². The molecule has 0 atom stereocenters. The van der Waals surface area contributed by atoms with Crippen molar-refractivity contribution in [3.05, 3.63) is 71.6 Å². The second-order valence-electron chi connectivity index (χ2n) is 8.73. The highest BCUT2D eigenvalue weighted by Crippen LogP contribution is 2.36. The number of nitrogens with one attached hydrogen (secondary N) is 2. The van der Waals surface area contributed by atoms with Gasteiger partial charge in [0.05, 0.1) is 11.0 Å². The normalized spacial score (nSPS) is 19.7. The molecule has 0 unspecified atom stereocenters. The van der Waals surface area contributed by atoms with Crippen molar-refractivity contribution in [2.75, 3.05) is 32.8 Å². The van der Waals surface area contributed by atoms with Gasteiger partial charge in [-0.25, -0.2) is 4.98 Å². The van der Waals surface area contributed by atoms with Crippen molar-refractivity contribution < 1.29 is 19.1 Å². The summed E-state index contributed by atoms with van der Waals surface area (Å²) in [6, 6.07) is 12.5. The Labute approximate surface area is 199 Å². The lowest BCUT2D eigenvalue weighted by Gasteiger charge is -2.40.